The van der Waals surface area contributed by atoms with Gasteiger partial charge in [0.05, 0.1) is 4.92 Å². The summed E-state index contributed by atoms with van der Waals surface area (Å²) < 4.78 is 5.70. The van der Waals surface area contributed by atoms with Crippen LogP contribution in [0.1, 0.15) is 24.9 Å². The molecule has 2 aromatic carbocycles. The number of nitrogens with two attached hydrogens (primary N) is 1. The van der Waals surface area contributed by atoms with Crippen LogP contribution in [0, 0.1) is 10.1 Å². The number of hydrogen-bond donors (Lipinski definition) is 1. The summed E-state index contributed by atoms with van der Waals surface area (Å²) in [5.74, 6) is 0.768. The monoisotopic (exact) mass is 272 g/mol. The number of nitro benzene ring substituents is 1. The molecule has 0 radical (unpaired) electrons. The van der Waals surface area contributed by atoms with E-state index >= 15 is 0 Å². The number of ether oxygens (including phenoxy) is 1. The van der Waals surface area contributed by atoms with Crippen molar-refractivity contribution in [2.45, 2.75) is 19.4 Å². The summed E-state index contributed by atoms with van der Waals surface area (Å²) in [7, 11) is 0. The van der Waals surface area contributed by atoms with E-state index in [0.29, 0.717) is 5.75 Å². The molecule has 0 saturated carbocycles. The van der Waals surface area contributed by atoms with Crippen molar-refractivity contribution in [1.29, 1.82) is 0 Å². The molecule has 2 aromatic rings. The Morgan fingerprint density at radius 3 is 2.40 bits per heavy atom. The van der Waals surface area contributed by atoms with Crippen molar-refractivity contribution in [3.05, 3.63) is 64.2 Å². The summed E-state index contributed by atoms with van der Waals surface area (Å²) >= 11 is 0. The smallest absolute Gasteiger partial charge is 0.311 e. The second-order valence-electron chi connectivity index (χ2n) is 4.38. The average molecular weight is 272 g/mol. The molecule has 1 unspecified atom stereocenters. The average Bonchev–Trinajstić information content (AvgIpc) is 2.47. The van der Waals surface area contributed by atoms with Gasteiger partial charge in [0.2, 0.25) is 5.75 Å². The van der Waals surface area contributed by atoms with Crippen LogP contribution in [-0.2, 0) is 0 Å². The minimum atomic E-state index is -0.461. The van der Waals surface area contributed by atoms with Crippen LogP contribution in [0.25, 0.3) is 0 Å². The van der Waals surface area contributed by atoms with Gasteiger partial charge < -0.3 is 10.5 Å². The zero-order chi connectivity index (χ0) is 14.5. The molecule has 20 heavy (non-hydrogen) atoms. The third kappa shape index (κ3) is 2.95. The quantitative estimate of drug-likeness (QED) is 0.663. The molecule has 0 bridgehead atoms. The highest BCUT2D eigenvalue weighted by Crippen LogP contribution is 2.34. The second kappa shape index (κ2) is 6.16. The number of nitro groups is 1. The molecule has 0 saturated heterocycles. The molecule has 1 atom stereocenters. The van der Waals surface area contributed by atoms with Crippen molar-refractivity contribution >= 4 is 5.69 Å². The van der Waals surface area contributed by atoms with Crippen LogP contribution in [0.2, 0.25) is 0 Å². The maximum Gasteiger partial charge on any atom is 0.311 e. The highest BCUT2D eigenvalue weighted by molar-refractivity contribution is 5.49. The summed E-state index contributed by atoms with van der Waals surface area (Å²) in [5.41, 5.74) is 6.81. The molecule has 0 aliphatic rings. The number of para-hydroxylation sites is 3. The first-order valence-electron chi connectivity index (χ1n) is 6.39. The van der Waals surface area contributed by atoms with Gasteiger partial charge in [-0.25, -0.2) is 0 Å². The Labute approximate surface area is 117 Å². The molecule has 5 heteroatoms. The van der Waals surface area contributed by atoms with E-state index in [0.717, 1.165) is 12.0 Å². The zero-order valence-electron chi connectivity index (χ0n) is 11.2. The van der Waals surface area contributed by atoms with E-state index in [2.05, 4.69) is 0 Å². The predicted octanol–water partition coefficient (Wildman–Crippen LogP) is 3.80. The molecule has 0 aromatic heterocycles. The van der Waals surface area contributed by atoms with Crippen LogP contribution < -0.4 is 10.5 Å². The van der Waals surface area contributed by atoms with Gasteiger partial charge >= 0.3 is 5.69 Å². The molecule has 104 valence electrons. The third-order valence-electron chi connectivity index (χ3n) is 3.04. The summed E-state index contributed by atoms with van der Waals surface area (Å²) in [4.78, 5) is 10.5. The van der Waals surface area contributed by atoms with Crippen LogP contribution in [-0.4, -0.2) is 4.92 Å². The van der Waals surface area contributed by atoms with Gasteiger partial charge in [0.25, 0.3) is 0 Å². The molecule has 0 spiro atoms. The Morgan fingerprint density at radius 1 is 1.15 bits per heavy atom. The number of hydrogen-bond acceptors (Lipinski definition) is 4. The number of rotatable bonds is 5. The summed E-state index contributed by atoms with van der Waals surface area (Å²) in [6, 6.07) is 13.5. The lowest BCUT2D eigenvalue weighted by molar-refractivity contribution is -0.385. The fourth-order valence-corrected chi connectivity index (χ4v) is 1.91. The van der Waals surface area contributed by atoms with Crippen LogP contribution in [0.4, 0.5) is 5.69 Å². The molecule has 5 nitrogen and oxygen atoms in total. The molecule has 0 aliphatic heterocycles. The van der Waals surface area contributed by atoms with Gasteiger partial charge in [0, 0.05) is 17.7 Å². The second-order valence-corrected chi connectivity index (χ2v) is 4.38. The SMILES string of the molecule is CCC(N)c1ccccc1Oc1ccccc1[N+](=O)[O-]. The van der Waals surface area contributed by atoms with Crippen molar-refractivity contribution < 1.29 is 9.66 Å². The predicted molar refractivity (Wildman–Crippen MR) is 76.8 cm³/mol. The highest BCUT2D eigenvalue weighted by Gasteiger charge is 2.17. The molecule has 0 fully saturated rings. The lowest BCUT2D eigenvalue weighted by atomic mass is 10.0. The van der Waals surface area contributed by atoms with E-state index in [1.807, 2.05) is 25.1 Å². The van der Waals surface area contributed by atoms with E-state index in [9.17, 15) is 10.1 Å². The summed E-state index contributed by atoms with van der Waals surface area (Å²) in [6.45, 7) is 1.98. The van der Waals surface area contributed by atoms with Crippen molar-refractivity contribution in [3.8, 4) is 11.5 Å². The number of benzene rings is 2. The maximum atomic E-state index is 11.0. The van der Waals surface area contributed by atoms with Gasteiger partial charge in [-0.15, -0.1) is 0 Å². The molecule has 0 aliphatic carbocycles. The fraction of sp³-hybridized carbons (Fsp3) is 0.200. The lowest BCUT2D eigenvalue weighted by Gasteiger charge is -2.15. The Hall–Kier alpha value is -2.40. The van der Waals surface area contributed by atoms with Crippen LogP contribution in [0.3, 0.4) is 0 Å². The minimum absolute atomic E-state index is 0.0626. The van der Waals surface area contributed by atoms with E-state index in [1.165, 1.54) is 6.07 Å². The standard InChI is InChI=1S/C15H16N2O3/c1-2-12(16)11-7-3-5-9-14(11)20-15-10-6-4-8-13(15)17(18)19/h3-10,12H,2,16H2,1H3. The topological polar surface area (TPSA) is 78.4 Å². The third-order valence-corrected chi connectivity index (χ3v) is 3.04. The van der Waals surface area contributed by atoms with E-state index < -0.39 is 4.92 Å². The van der Waals surface area contributed by atoms with Crippen LogP contribution in [0.15, 0.2) is 48.5 Å². The molecule has 2 N–H and O–H groups in total. The molecule has 0 heterocycles. The van der Waals surface area contributed by atoms with Gasteiger partial charge in [0.15, 0.2) is 0 Å². The van der Waals surface area contributed by atoms with Crippen molar-refractivity contribution in [2.75, 3.05) is 0 Å². The molecular formula is C15H16N2O3. The molecular weight excluding hydrogens is 256 g/mol. The van der Waals surface area contributed by atoms with Gasteiger partial charge in [-0.3, -0.25) is 10.1 Å². The van der Waals surface area contributed by atoms with Gasteiger partial charge in [-0.2, -0.15) is 0 Å². The fourth-order valence-electron chi connectivity index (χ4n) is 1.91. The normalized spacial score (nSPS) is 11.9. The van der Waals surface area contributed by atoms with Crippen molar-refractivity contribution in [3.63, 3.8) is 0 Å². The van der Waals surface area contributed by atoms with Crippen molar-refractivity contribution in [2.24, 2.45) is 5.73 Å². The maximum absolute atomic E-state index is 11.0. The Morgan fingerprint density at radius 2 is 1.75 bits per heavy atom. The summed E-state index contributed by atoms with van der Waals surface area (Å²) in [6.07, 6.45) is 0.761. The van der Waals surface area contributed by atoms with Crippen molar-refractivity contribution in [1.82, 2.24) is 0 Å². The van der Waals surface area contributed by atoms with E-state index in [-0.39, 0.29) is 17.5 Å². The molecule has 0 amide bonds. The van der Waals surface area contributed by atoms with Gasteiger partial charge in [-0.1, -0.05) is 37.3 Å². The summed E-state index contributed by atoms with van der Waals surface area (Å²) in [5, 5.41) is 11.0. The van der Waals surface area contributed by atoms with Crippen LogP contribution >= 0.6 is 0 Å². The molecule has 2 rings (SSSR count). The zero-order valence-corrected chi connectivity index (χ0v) is 11.2. The first kappa shape index (κ1) is 14.0. The first-order chi connectivity index (χ1) is 9.63. The Bertz CT molecular complexity index is 614. The van der Waals surface area contributed by atoms with Gasteiger partial charge in [-0.05, 0) is 18.6 Å². The lowest BCUT2D eigenvalue weighted by Crippen LogP contribution is -2.09. The first-order valence-corrected chi connectivity index (χ1v) is 6.39. The van der Waals surface area contributed by atoms with Gasteiger partial charge in [0.1, 0.15) is 5.75 Å². The largest absolute Gasteiger partial charge is 0.450 e. The van der Waals surface area contributed by atoms with Crippen LogP contribution in [0.5, 0.6) is 11.5 Å². The highest BCUT2D eigenvalue weighted by atomic mass is 16.6. The minimum Gasteiger partial charge on any atom is -0.450 e. The Kier molecular flexibility index (Phi) is 4.32. The van der Waals surface area contributed by atoms with E-state index in [1.54, 1.807) is 24.3 Å². The number of nitrogens with zero attached hydrogens (tertiary/aromatic N) is 1. The van der Waals surface area contributed by atoms with E-state index in [4.69, 9.17) is 10.5 Å². The Balaban J connectivity index is 2.38.